The van der Waals surface area contributed by atoms with Crippen LogP contribution in [0.1, 0.15) is 25.3 Å². The summed E-state index contributed by atoms with van der Waals surface area (Å²) in [6, 6.07) is 37.1. The third kappa shape index (κ3) is 3.92. The van der Waals surface area contributed by atoms with Gasteiger partial charge >= 0.3 is 0 Å². The monoisotopic (exact) mass is 362 g/mol. The van der Waals surface area contributed by atoms with Gasteiger partial charge in [0.25, 0.3) is 0 Å². The van der Waals surface area contributed by atoms with Crippen LogP contribution < -0.4 is 0 Å². The molecule has 0 aliphatic carbocycles. The van der Waals surface area contributed by atoms with Crippen LogP contribution in [0.2, 0.25) is 0 Å². The Morgan fingerprint density at radius 3 is 1.64 bits per heavy atom. The first-order chi connectivity index (χ1) is 13.9. The lowest BCUT2D eigenvalue weighted by Gasteiger charge is -2.18. The number of hydrogen-bond donors (Lipinski definition) is 0. The summed E-state index contributed by atoms with van der Waals surface area (Å²) >= 11 is 0. The predicted molar refractivity (Wildman–Crippen MR) is 121 cm³/mol. The highest BCUT2D eigenvalue weighted by molar-refractivity contribution is 5.89. The Kier molecular flexibility index (Phi) is 5.68. The van der Waals surface area contributed by atoms with E-state index >= 15 is 0 Å². The second kappa shape index (κ2) is 8.71. The predicted octanol–water partition coefficient (Wildman–Crippen LogP) is 8.03. The highest BCUT2D eigenvalue weighted by atomic mass is 14.2. The Morgan fingerprint density at radius 1 is 0.536 bits per heavy atom. The van der Waals surface area contributed by atoms with E-state index in [9.17, 15) is 0 Å². The van der Waals surface area contributed by atoms with Gasteiger partial charge in [0.15, 0.2) is 0 Å². The van der Waals surface area contributed by atoms with E-state index in [1.165, 1.54) is 51.8 Å². The molecular formula is C28H26. The third-order valence-corrected chi connectivity index (χ3v) is 5.27. The summed E-state index contributed by atoms with van der Waals surface area (Å²) in [5.41, 5.74) is 9.28. The summed E-state index contributed by atoms with van der Waals surface area (Å²) in [6.07, 6.45) is 3.50. The minimum atomic E-state index is 1.10. The largest absolute Gasteiger partial charge is 0.0654 e. The van der Waals surface area contributed by atoms with Gasteiger partial charge in [-0.25, -0.2) is 0 Å². The van der Waals surface area contributed by atoms with Crippen molar-refractivity contribution in [2.24, 2.45) is 0 Å². The molecule has 4 aromatic rings. The zero-order chi connectivity index (χ0) is 19.2. The van der Waals surface area contributed by atoms with Gasteiger partial charge in [0.2, 0.25) is 0 Å². The summed E-state index contributed by atoms with van der Waals surface area (Å²) in [5, 5.41) is 0. The molecule has 0 unspecified atom stereocenters. The molecule has 28 heavy (non-hydrogen) atoms. The van der Waals surface area contributed by atoms with Gasteiger partial charge < -0.3 is 0 Å². The molecule has 0 saturated carbocycles. The number of unbranched alkanes of at least 4 members (excludes halogenated alkanes) is 1. The lowest BCUT2D eigenvalue weighted by molar-refractivity contribution is 0.796. The van der Waals surface area contributed by atoms with Gasteiger partial charge in [0.05, 0.1) is 0 Å². The molecule has 0 fully saturated rings. The first kappa shape index (κ1) is 18.3. The lowest BCUT2D eigenvalue weighted by atomic mass is 9.85. The van der Waals surface area contributed by atoms with E-state index in [0.29, 0.717) is 0 Å². The van der Waals surface area contributed by atoms with E-state index in [-0.39, 0.29) is 0 Å². The maximum absolute atomic E-state index is 2.40. The highest BCUT2D eigenvalue weighted by Gasteiger charge is 2.15. The van der Waals surface area contributed by atoms with Crippen molar-refractivity contribution >= 4 is 0 Å². The van der Waals surface area contributed by atoms with Crippen LogP contribution in [0.5, 0.6) is 0 Å². The molecular weight excluding hydrogens is 336 g/mol. The van der Waals surface area contributed by atoms with Crippen LogP contribution in [0.15, 0.2) is 103 Å². The van der Waals surface area contributed by atoms with Crippen LogP contribution >= 0.6 is 0 Å². The van der Waals surface area contributed by atoms with Gasteiger partial charge in [-0.3, -0.25) is 0 Å². The zero-order valence-electron chi connectivity index (χ0n) is 16.4. The van der Waals surface area contributed by atoms with Gasteiger partial charge in [0, 0.05) is 0 Å². The Bertz CT molecular complexity index is 1020. The van der Waals surface area contributed by atoms with E-state index in [2.05, 4.69) is 110 Å². The third-order valence-electron chi connectivity index (χ3n) is 5.27. The van der Waals surface area contributed by atoms with Crippen molar-refractivity contribution in [1.29, 1.82) is 0 Å². The zero-order valence-corrected chi connectivity index (χ0v) is 16.4. The van der Waals surface area contributed by atoms with Crippen molar-refractivity contribution in [3.63, 3.8) is 0 Å². The molecule has 0 aromatic heterocycles. The van der Waals surface area contributed by atoms with Gasteiger partial charge in [-0.05, 0) is 57.9 Å². The van der Waals surface area contributed by atoms with Gasteiger partial charge in [-0.2, -0.15) is 0 Å². The van der Waals surface area contributed by atoms with Crippen LogP contribution in [-0.4, -0.2) is 0 Å². The minimum absolute atomic E-state index is 1.10. The first-order valence-corrected chi connectivity index (χ1v) is 10.2. The molecule has 0 aliphatic heterocycles. The van der Waals surface area contributed by atoms with Crippen LogP contribution in [0.3, 0.4) is 0 Å². The molecule has 138 valence electrons. The molecule has 0 aliphatic rings. The number of aryl methyl sites for hydroxylation is 1. The number of rotatable bonds is 6. The standard InChI is InChI=1S/C28H26/c1-2-3-13-25-20-26(22-14-7-4-8-15-22)21-27(23-16-9-5-10-17-23)28(25)24-18-11-6-12-19-24/h4-12,14-21H,2-3,13H2,1H3. The SMILES string of the molecule is CCCCc1cc(-c2ccccc2)cc(-c2ccccc2)c1-c1ccccc1. The minimum Gasteiger partial charge on any atom is -0.0654 e. The Hall–Kier alpha value is -3.12. The summed E-state index contributed by atoms with van der Waals surface area (Å²) in [4.78, 5) is 0. The quantitative estimate of drug-likeness (QED) is 0.325. The maximum Gasteiger partial charge on any atom is -0.00729 e. The van der Waals surface area contributed by atoms with Crippen LogP contribution in [0.4, 0.5) is 0 Å². The molecule has 0 atom stereocenters. The van der Waals surface area contributed by atoms with E-state index < -0.39 is 0 Å². The molecule has 0 amide bonds. The van der Waals surface area contributed by atoms with E-state index in [4.69, 9.17) is 0 Å². The van der Waals surface area contributed by atoms with Gasteiger partial charge in [0.1, 0.15) is 0 Å². The molecule has 0 heterocycles. The molecule has 4 aromatic carbocycles. The molecule has 0 bridgehead atoms. The second-order valence-corrected chi connectivity index (χ2v) is 7.26. The summed E-state index contributed by atoms with van der Waals surface area (Å²) in [5.74, 6) is 0. The molecule has 0 nitrogen and oxygen atoms in total. The molecule has 0 saturated heterocycles. The van der Waals surface area contributed by atoms with Crippen molar-refractivity contribution in [3.05, 3.63) is 109 Å². The van der Waals surface area contributed by atoms with E-state index in [1.54, 1.807) is 0 Å². The van der Waals surface area contributed by atoms with E-state index in [1.807, 2.05) is 0 Å². The molecule has 0 radical (unpaired) electrons. The normalized spacial score (nSPS) is 10.8. The van der Waals surface area contributed by atoms with Gasteiger partial charge in [-0.15, -0.1) is 0 Å². The topological polar surface area (TPSA) is 0 Å². The molecule has 0 heteroatoms. The van der Waals surface area contributed by atoms with Crippen molar-refractivity contribution in [3.8, 4) is 33.4 Å². The summed E-state index contributed by atoms with van der Waals surface area (Å²) in [7, 11) is 0. The summed E-state index contributed by atoms with van der Waals surface area (Å²) < 4.78 is 0. The highest BCUT2D eigenvalue weighted by Crippen LogP contribution is 2.39. The van der Waals surface area contributed by atoms with Crippen LogP contribution in [0.25, 0.3) is 33.4 Å². The fraction of sp³-hybridized carbons (Fsp3) is 0.143. The lowest BCUT2D eigenvalue weighted by Crippen LogP contribution is -1.96. The molecule has 4 rings (SSSR count). The van der Waals surface area contributed by atoms with Crippen molar-refractivity contribution in [2.75, 3.05) is 0 Å². The molecule has 0 spiro atoms. The van der Waals surface area contributed by atoms with Crippen molar-refractivity contribution in [2.45, 2.75) is 26.2 Å². The van der Waals surface area contributed by atoms with Crippen molar-refractivity contribution < 1.29 is 0 Å². The average molecular weight is 363 g/mol. The second-order valence-electron chi connectivity index (χ2n) is 7.26. The van der Waals surface area contributed by atoms with Crippen LogP contribution in [-0.2, 0) is 6.42 Å². The van der Waals surface area contributed by atoms with Crippen molar-refractivity contribution in [1.82, 2.24) is 0 Å². The van der Waals surface area contributed by atoms with E-state index in [0.717, 1.165) is 6.42 Å². The number of benzene rings is 4. The number of hydrogen-bond acceptors (Lipinski definition) is 0. The Morgan fingerprint density at radius 2 is 1.07 bits per heavy atom. The summed E-state index contributed by atoms with van der Waals surface area (Å²) in [6.45, 7) is 2.27. The first-order valence-electron chi connectivity index (χ1n) is 10.2. The van der Waals surface area contributed by atoms with Crippen LogP contribution in [0, 0.1) is 0 Å². The average Bonchev–Trinajstić information content (AvgIpc) is 2.79. The fourth-order valence-corrected chi connectivity index (χ4v) is 3.85. The smallest absolute Gasteiger partial charge is 0.00729 e. The maximum atomic E-state index is 2.40. The molecule has 0 N–H and O–H groups in total. The Balaban J connectivity index is 1.99. The fourth-order valence-electron chi connectivity index (χ4n) is 3.85. The Labute approximate surface area is 168 Å². The van der Waals surface area contributed by atoms with Gasteiger partial charge in [-0.1, -0.05) is 110 Å².